The van der Waals surface area contributed by atoms with Crippen LogP contribution in [0.25, 0.3) is 5.76 Å². The second-order valence-corrected chi connectivity index (χ2v) is 8.85. The first kappa shape index (κ1) is 26.0. The van der Waals surface area contributed by atoms with Crippen molar-refractivity contribution in [3.8, 4) is 11.5 Å². The van der Waals surface area contributed by atoms with Gasteiger partial charge in [-0.2, -0.15) is 0 Å². The zero-order valence-corrected chi connectivity index (χ0v) is 21.0. The van der Waals surface area contributed by atoms with Gasteiger partial charge in [0.1, 0.15) is 17.3 Å². The highest BCUT2D eigenvalue weighted by Crippen LogP contribution is 2.41. The molecule has 1 unspecified atom stereocenters. The fourth-order valence-electron chi connectivity index (χ4n) is 4.29. The minimum atomic E-state index is -0.800. The van der Waals surface area contributed by atoms with Gasteiger partial charge in [0.15, 0.2) is 0 Å². The van der Waals surface area contributed by atoms with Crippen LogP contribution in [0.1, 0.15) is 76.1 Å². The maximum Gasteiger partial charge on any atom is 0.308 e. The molecule has 1 fully saturated rings. The van der Waals surface area contributed by atoms with Crippen LogP contribution in [0.4, 0.5) is 0 Å². The Morgan fingerprint density at radius 3 is 2.49 bits per heavy atom. The molecule has 7 nitrogen and oxygen atoms in total. The smallest absolute Gasteiger partial charge is 0.308 e. The molecule has 0 bridgehead atoms. The van der Waals surface area contributed by atoms with Gasteiger partial charge >= 0.3 is 5.97 Å². The lowest BCUT2D eigenvalue weighted by atomic mass is 9.93. The van der Waals surface area contributed by atoms with E-state index in [1.54, 1.807) is 42.5 Å². The largest absolute Gasteiger partial charge is 0.507 e. The molecule has 2 aromatic carbocycles. The van der Waals surface area contributed by atoms with Crippen LogP contribution in [-0.2, 0) is 14.4 Å². The monoisotopic (exact) mass is 479 g/mol. The fraction of sp³-hybridized carbons (Fsp3) is 0.393. The minimum absolute atomic E-state index is 0.0185. The predicted molar refractivity (Wildman–Crippen MR) is 133 cm³/mol. The Labute approximate surface area is 206 Å². The molecule has 1 aliphatic rings. The van der Waals surface area contributed by atoms with Crippen LogP contribution < -0.4 is 9.47 Å². The zero-order valence-electron chi connectivity index (χ0n) is 21.0. The van der Waals surface area contributed by atoms with Crippen molar-refractivity contribution in [1.82, 2.24) is 4.90 Å². The molecule has 1 atom stereocenters. The highest BCUT2D eigenvalue weighted by Gasteiger charge is 2.45. The molecule has 186 valence electrons. The van der Waals surface area contributed by atoms with Gasteiger partial charge in [0, 0.05) is 19.0 Å². The highest BCUT2D eigenvalue weighted by molar-refractivity contribution is 6.46. The van der Waals surface area contributed by atoms with E-state index in [9.17, 15) is 19.5 Å². The minimum Gasteiger partial charge on any atom is -0.507 e. The van der Waals surface area contributed by atoms with Crippen LogP contribution in [-0.4, -0.2) is 40.8 Å². The third kappa shape index (κ3) is 5.56. The molecule has 0 saturated carbocycles. The number of carbonyl (C=O) groups excluding carboxylic acids is 3. The van der Waals surface area contributed by atoms with Crippen molar-refractivity contribution in [2.24, 2.45) is 0 Å². The van der Waals surface area contributed by atoms with Crippen molar-refractivity contribution >= 4 is 23.4 Å². The van der Waals surface area contributed by atoms with E-state index in [4.69, 9.17) is 9.47 Å². The Morgan fingerprint density at radius 2 is 1.86 bits per heavy atom. The number of likely N-dealkylation sites (tertiary alicyclic amines) is 1. The number of Topliss-reactive ketones (excluding diaryl/α,β-unsaturated/α-hetero) is 1. The topological polar surface area (TPSA) is 93.1 Å². The number of aliphatic hydroxyl groups excluding tert-OH is 1. The maximum atomic E-state index is 13.2. The Bertz CT molecular complexity index is 1150. The summed E-state index contributed by atoms with van der Waals surface area (Å²) in [6.45, 7) is 10.1. The number of ether oxygens (including phenoxy) is 2. The summed E-state index contributed by atoms with van der Waals surface area (Å²) >= 11 is 0. The van der Waals surface area contributed by atoms with Gasteiger partial charge in [-0.3, -0.25) is 14.4 Å². The molecule has 7 heteroatoms. The summed E-state index contributed by atoms with van der Waals surface area (Å²) in [6.07, 6.45) is 1.54. The molecule has 0 aliphatic carbocycles. The number of nitrogens with zero attached hydrogens (tertiary/aromatic N) is 1. The molecule has 3 rings (SSSR count). The zero-order chi connectivity index (χ0) is 25.7. The molecule has 1 saturated heterocycles. The lowest BCUT2D eigenvalue weighted by Gasteiger charge is -2.25. The van der Waals surface area contributed by atoms with Gasteiger partial charge in [0.2, 0.25) is 0 Å². The third-order valence-electron chi connectivity index (χ3n) is 5.93. The molecule has 1 aliphatic heterocycles. The summed E-state index contributed by atoms with van der Waals surface area (Å²) in [5.41, 5.74) is 1.93. The predicted octanol–water partition coefficient (Wildman–Crippen LogP) is 5.36. The van der Waals surface area contributed by atoms with Crippen LogP contribution in [0.15, 0.2) is 48.0 Å². The molecule has 1 amide bonds. The van der Waals surface area contributed by atoms with E-state index in [-0.39, 0.29) is 17.3 Å². The molecular weight excluding hydrogens is 446 g/mol. The van der Waals surface area contributed by atoms with Gasteiger partial charge in [0.05, 0.1) is 18.2 Å². The number of unbranched alkanes of at least 4 members (excludes halogenated alkanes) is 1. The second kappa shape index (κ2) is 11.2. The molecule has 0 radical (unpaired) electrons. The first-order valence-corrected chi connectivity index (χ1v) is 12.0. The number of rotatable bonds is 9. The van der Waals surface area contributed by atoms with Crippen molar-refractivity contribution in [3.05, 3.63) is 64.7 Å². The number of amides is 1. The van der Waals surface area contributed by atoms with Crippen LogP contribution >= 0.6 is 0 Å². The first-order valence-electron chi connectivity index (χ1n) is 12.0. The number of hydrogen-bond donors (Lipinski definition) is 1. The van der Waals surface area contributed by atoms with Crippen LogP contribution in [0.5, 0.6) is 11.5 Å². The number of esters is 1. The fourth-order valence-corrected chi connectivity index (χ4v) is 4.29. The molecule has 35 heavy (non-hydrogen) atoms. The number of ketones is 1. The van der Waals surface area contributed by atoms with Crippen molar-refractivity contribution < 1.29 is 29.0 Å². The second-order valence-electron chi connectivity index (χ2n) is 8.85. The molecule has 1 heterocycles. The third-order valence-corrected chi connectivity index (χ3v) is 5.93. The Kier molecular flexibility index (Phi) is 8.33. The Hall–Kier alpha value is -3.61. The average molecular weight is 480 g/mol. The summed E-state index contributed by atoms with van der Waals surface area (Å²) in [5, 5.41) is 11.4. The summed E-state index contributed by atoms with van der Waals surface area (Å²) in [5.74, 6) is -0.966. The number of aliphatic hydroxyl groups is 1. The lowest BCUT2D eigenvalue weighted by Crippen LogP contribution is -2.30. The average Bonchev–Trinajstić information content (AvgIpc) is 3.07. The van der Waals surface area contributed by atoms with E-state index in [2.05, 4.69) is 0 Å². The standard InChI is InChI=1S/C28H33NO6/c1-6-8-14-29-25(19-10-9-11-21(15-19)35-18(5)30)24(27(32)28(29)33)26(31)20-12-13-23(34-7-2)22(16-20)17(3)4/h9-13,15-17,25,31H,6-8,14H2,1-5H3/b26-24+. The van der Waals surface area contributed by atoms with Crippen molar-refractivity contribution in [2.45, 2.75) is 59.4 Å². The van der Waals surface area contributed by atoms with Crippen molar-refractivity contribution in [2.75, 3.05) is 13.2 Å². The van der Waals surface area contributed by atoms with Gasteiger partial charge in [-0.25, -0.2) is 0 Å². The SMILES string of the molecule is CCCCN1C(=O)C(=O)/C(=C(/O)c2ccc(OCC)c(C(C)C)c2)C1c1cccc(OC(C)=O)c1. The lowest BCUT2D eigenvalue weighted by molar-refractivity contribution is -0.139. The van der Waals surface area contributed by atoms with E-state index >= 15 is 0 Å². The Morgan fingerprint density at radius 1 is 1.11 bits per heavy atom. The summed E-state index contributed by atoms with van der Waals surface area (Å²) in [7, 11) is 0. The molecule has 1 N–H and O–H groups in total. The van der Waals surface area contributed by atoms with Crippen LogP contribution in [0.2, 0.25) is 0 Å². The van der Waals surface area contributed by atoms with Gasteiger partial charge in [0.25, 0.3) is 11.7 Å². The van der Waals surface area contributed by atoms with Crippen LogP contribution in [0, 0.1) is 0 Å². The van der Waals surface area contributed by atoms with E-state index in [0.29, 0.717) is 42.2 Å². The number of carbonyl (C=O) groups is 3. The summed E-state index contributed by atoms with van der Waals surface area (Å²) in [6, 6.07) is 11.2. The van der Waals surface area contributed by atoms with Crippen LogP contribution in [0.3, 0.4) is 0 Å². The normalized spacial score (nSPS) is 17.2. The maximum absolute atomic E-state index is 13.2. The van der Waals surface area contributed by atoms with Gasteiger partial charge in [-0.1, -0.05) is 39.3 Å². The van der Waals surface area contributed by atoms with E-state index < -0.39 is 23.7 Å². The van der Waals surface area contributed by atoms with Crippen molar-refractivity contribution in [1.29, 1.82) is 0 Å². The quantitative estimate of drug-likeness (QED) is 0.171. The molecule has 0 spiro atoms. The highest BCUT2D eigenvalue weighted by atomic mass is 16.5. The van der Waals surface area contributed by atoms with Crippen molar-refractivity contribution in [3.63, 3.8) is 0 Å². The van der Waals surface area contributed by atoms with Gasteiger partial charge < -0.3 is 19.5 Å². The summed E-state index contributed by atoms with van der Waals surface area (Å²) < 4.78 is 10.9. The molecule has 2 aromatic rings. The van der Waals surface area contributed by atoms with E-state index in [1.165, 1.54) is 11.8 Å². The first-order chi connectivity index (χ1) is 16.7. The molecular formula is C28H33NO6. The van der Waals surface area contributed by atoms with E-state index in [0.717, 1.165) is 12.0 Å². The van der Waals surface area contributed by atoms with Gasteiger partial charge in [-0.15, -0.1) is 0 Å². The number of benzene rings is 2. The molecule has 0 aromatic heterocycles. The summed E-state index contributed by atoms with van der Waals surface area (Å²) in [4.78, 5) is 39.2. The van der Waals surface area contributed by atoms with Gasteiger partial charge in [-0.05, 0) is 60.7 Å². The van der Waals surface area contributed by atoms with E-state index in [1.807, 2.05) is 27.7 Å². The Balaban J connectivity index is 2.18. The number of hydrogen-bond acceptors (Lipinski definition) is 6.